The smallest absolute Gasteiger partial charge is 0.117 e. The Morgan fingerprint density at radius 2 is 2.17 bits per heavy atom. The van der Waals surface area contributed by atoms with Crippen LogP contribution in [0, 0.1) is 5.92 Å². The third-order valence-corrected chi connectivity index (χ3v) is 5.28. The third kappa shape index (κ3) is 3.09. The summed E-state index contributed by atoms with van der Waals surface area (Å²) in [4.78, 5) is 5.08. The van der Waals surface area contributed by atoms with Crippen molar-refractivity contribution in [3.05, 3.63) is 48.3 Å². The van der Waals surface area contributed by atoms with E-state index in [1.54, 1.807) is 12.5 Å². The maximum Gasteiger partial charge on any atom is 0.117 e. The van der Waals surface area contributed by atoms with E-state index in [2.05, 4.69) is 21.9 Å². The molecule has 0 saturated carbocycles. The molecule has 4 rings (SSSR count). The summed E-state index contributed by atoms with van der Waals surface area (Å²) in [6, 6.07) is 6.62. The lowest BCUT2D eigenvalue weighted by atomic mass is 9.89. The Kier molecular flexibility index (Phi) is 4.25. The van der Waals surface area contributed by atoms with Gasteiger partial charge in [0, 0.05) is 50.8 Å². The minimum atomic E-state index is 0.363. The molecule has 2 fully saturated rings. The molecule has 0 aromatic carbocycles. The molecular weight excluding hydrogens is 292 g/mol. The van der Waals surface area contributed by atoms with Gasteiger partial charge >= 0.3 is 0 Å². The van der Waals surface area contributed by atoms with Gasteiger partial charge in [-0.2, -0.15) is 0 Å². The van der Waals surface area contributed by atoms with Gasteiger partial charge in [-0.05, 0) is 24.6 Å². The second-order valence-corrected chi connectivity index (χ2v) is 6.67. The molecular formula is C18H24N2O3. The van der Waals surface area contributed by atoms with Crippen molar-refractivity contribution in [2.75, 3.05) is 26.7 Å². The van der Waals surface area contributed by atoms with E-state index in [0.717, 1.165) is 44.9 Å². The van der Waals surface area contributed by atoms with Crippen molar-refractivity contribution in [1.82, 2.24) is 9.80 Å². The van der Waals surface area contributed by atoms with Gasteiger partial charge in [-0.25, -0.2) is 0 Å². The van der Waals surface area contributed by atoms with Gasteiger partial charge in [-0.1, -0.05) is 0 Å². The Morgan fingerprint density at radius 1 is 1.22 bits per heavy atom. The summed E-state index contributed by atoms with van der Waals surface area (Å²) in [6.07, 6.45) is 6.83. The maximum absolute atomic E-state index is 5.78. The highest BCUT2D eigenvalue weighted by Crippen LogP contribution is 2.34. The van der Waals surface area contributed by atoms with Gasteiger partial charge < -0.3 is 13.6 Å². The van der Waals surface area contributed by atoms with E-state index in [0.29, 0.717) is 18.1 Å². The van der Waals surface area contributed by atoms with E-state index in [-0.39, 0.29) is 0 Å². The number of methoxy groups -OCH3 is 1. The molecule has 2 aliphatic heterocycles. The summed E-state index contributed by atoms with van der Waals surface area (Å²) in [5, 5.41) is 0. The largest absolute Gasteiger partial charge is 0.472 e. The number of hydrogen-bond donors (Lipinski definition) is 0. The molecule has 0 bridgehead atoms. The third-order valence-electron chi connectivity index (χ3n) is 5.28. The van der Waals surface area contributed by atoms with Crippen LogP contribution in [0.25, 0.3) is 0 Å². The fourth-order valence-electron chi connectivity index (χ4n) is 4.18. The molecule has 0 N–H and O–H groups in total. The lowest BCUT2D eigenvalue weighted by Gasteiger charge is -2.41. The molecule has 0 amide bonds. The van der Waals surface area contributed by atoms with Crippen molar-refractivity contribution in [2.24, 2.45) is 5.92 Å². The normalized spacial score (nSPS) is 29.0. The standard InChI is InChI=1S/C18H24N2O3/c1-21-18-4-6-20(9-14-5-8-22-13-14)17-12-19(11-16(17)18)10-15-3-2-7-23-15/h2-3,5,7-8,13,16-18H,4,6,9-12H2,1H3/t16-,17+,18-/m1/s1. The molecule has 2 saturated heterocycles. The summed E-state index contributed by atoms with van der Waals surface area (Å²) >= 11 is 0. The van der Waals surface area contributed by atoms with E-state index in [1.165, 1.54) is 5.56 Å². The number of rotatable bonds is 5. The van der Waals surface area contributed by atoms with Crippen molar-refractivity contribution in [2.45, 2.75) is 31.7 Å². The molecule has 3 atom stereocenters. The van der Waals surface area contributed by atoms with Gasteiger partial charge in [0.05, 0.1) is 31.4 Å². The quantitative estimate of drug-likeness (QED) is 0.848. The van der Waals surface area contributed by atoms with Crippen molar-refractivity contribution in [3.8, 4) is 0 Å². The molecule has 0 spiro atoms. The molecule has 2 aliphatic rings. The van der Waals surface area contributed by atoms with Crippen LogP contribution in [0.4, 0.5) is 0 Å². The van der Waals surface area contributed by atoms with Crippen molar-refractivity contribution in [3.63, 3.8) is 0 Å². The zero-order chi connectivity index (χ0) is 15.6. The second kappa shape index (κ2) is 6.51. The average Bonchev–Trinajstić information content (AvgIpc) is 3.29. The van der Waals surface area contributed by atoms with Gasteiger partial charge in [0.1, 0.15) is 5.76 Å². The summed E-state index contributed by atoms with van der Waals surface area (Å²) < 4.78 is 16.5. The Balaban J connectivity index is 1.47. The van der Waals surface area contributed by atoms with Crippen LogP contribution in [-0.4, -0.2) is 48.7 Å². The first-order valence-corrected chi connectivity index (χ1v) is 8.36. The average molecular weight is 316 g/mol. The van der Waals surface area contributed by atoms with Crippen LogP contribution < -0.4 is 0 Å². The van der Waals surface area contributed by atoms with Crippen LogP contribution in [0.3, 0.4) is 0 Å². The molecule has 0 aliphatic carbocycles. The van der Waals surface area contributed by atoms with Gasteiger partial charge in [-0.15, -0.1) is 0 Å². The molecule has 0 radical (unpaired) electrons. The second-order valence-electron chi connectivity index (χ2n) is 6.67. The number of fused-ring (bicyclic) bond motifs is 1. The first-order chi connectivity index (χ1) is 11.3. The van der Waals surface area contributed by atoms with Crippen LogP contribution in [0.15, 0.2) is 45.8 Å². The summed E-state index contributed by atoms with van der Waals surface area (Å²) in [5.41, 5.74) is 1.25. The van der Waals surface area contributed by atoms with Crippen molar-refractivity contribution in [1.29, 1.82) is 0 Å². The highest BCUT2D eigenvalue weighted by molar-refractivity contribution is 5.08. The molecule has 4 heterocycles. The topological polar surface area (TPSA) is 42.0 Å². The Morgan fingerprint density at radius 3 is 2.91 bits per heavy atom. The first-order valence-electron chi connectivity index (χ1n) is 8.36. The molecule has 2 aromatic heterocycles. The van der Waals surface area contributed by atoms with Crippen LogP contribution in [0.2, 0.25) is 0 Å². The minimum absolute atomic E-state index is 0.363. The van der Waals surface area contributed by atoms with Crippen LogP contribution >= 0.6 is 0 Å². The molecule has 124 valence electrons. The Hall–Kier alpha value is -1.56. The number of nitrogens with zero attached hydrogens (tertiary/aromatic N) is 2. The fraction of sp³-hybridized carbons (Fsp3) is 0.556. The fourth-order valence-corrected chi connectivity index (χ4v) is 4.18. The van der Waals surface area contributed by atoms with Gasteiger partial charge in [0.15, 0.2) is 0 Å². The van der Waals surface area contributed by atoms with Crippen LogP contribution in [-0.2, 0) is 17.8 Å². The van der Waals surface area contributed by atoms with E-state index in [9.17, 15) is 0 Å². The summed E-state index contributed by atoms with van der Waals surface area (Å²) in [7, 11) is 1.85. The highest BCUT2D eigenvalue weighted by atomic mass is 16.5. The number of likely N-dealkylation sites (tertiary alicyclic amines) is 2. The minimum Gasteiger partial charge on any atom is -0.472 e. The predicted octanol–water partition coefficient (Wildman–Crippen LogP) is 2.59. The van der Waals surface area contributed by atoms with E-state index in [4.69, 9.17) is 13.6 Å². The molecule has 2 aromatic rings. The lowest BCUT2D eigenvalue weighted by Crippen LogP contribution is -2.50. The molecule has 5 heteroatoms. The highest BCUT2D eigenvalue weighted by Gasteiger charge is 2.44. The van der Waals surface area contributed by atoms with Crippen LogP contribution in [0.1, 0.15) is 17.7 Å². The van der Waals surface area contributed by atoms with Crippen molar-refractivity contribution < 1.29 is 13.6 Å². The van der Waals surface area contributed by atoms with E-state index >= 15 is 0 Å². The SMILES string of the molecule is CO[C@@H]1CCN(Cc2ccoc2)[C@H]2CN(Cc3ccco3)C[C@@H]12. The lowest BCUT2D eigenvalue weighted by molar-refractivity contribution is -0.0245. The Labute approximate surface area is 136 Å². The number of furan rings is 2. The molecule has 0 unspecified atom stereocenters. The summed E-state index contributed by atoms with van der Waals surface area (Å²) in [6.45, 7) is 5.08. The zero-order valence-electron chi connectivity index (χ0n) is 13.6. The Bertz CT molecular complexity index is 596. The zero-order valence-corrected chi connectivity index (χ0v) is 13.6. The maximum atomic E-state index is 5.78. The summed E-state index contributed by atoms with van der Waals surface area (Å²) in [5.74, 6) is 1.61. The number of ether oxygens (including phenoxy) is 1. The van der Waals surface area contributed by atoms with Gasteiger partial charge in [0.25, 0.3) is 0 Å². The number of piperidine rings is 1. The molecule has 23 heavy (non-hydrogen) atoms. The predicted molar refractivity (Wildman–Crippen MR) is 85.8 cm³/mol. The first kappa shape index (κ1) is 15.0. The monoisotopic (exact) mass is 316 g/mol. The van der Waals surface area contributed by atoms with Gasteiger partial charge in [0.2, 0.25) is 0 Å². The van der Waals surface area contributed by atoms with Gasteiger partial charge in [-0.3, -0.25) is 9.80 Å². The van der Waals surface area contributed by atoms with E-state index in [1.807, 2.05) is 19.4 Å². The number of hydrogen-bond acceptors (Lipinski definition) is 5. The van der Waals surface area contributed by atoms with E-state index < -0.39 is 0 Å². The van der Waals surface area contributed by atoms with Crippen molar-refractivity contribution >= 4 is 0 Å². The molecule has 5 nitrogen and oxygen atoms in total. The van der Waals surface area contributed by atoms with Crippen LogP contribution in [0.5, 0.6) is 0 Å².